The van der Waals surface area contributed by atoms with E-state index in [1.807, 2.05) is 34.6 Å². The number of esters is 1. The van der Waals surface area contributed by atoms with Crippen LogP contribution in [-0.2, 0) is 23.9 Å². The van der Waals surface area contributed by atoms with Gasteiger partial charge in [0.05, 0.1) is 30.6 Å². The summed E-state index contributed by atoms with van der Waals surface area (Å²) in [4.78, 5) is 44.3. The fourth-order valence-electron chi connectivity index (χ4n) is 5.80. The van der Waals surface area contributed by atoms with Gasteiger partial charge in [-0.1, -0.05) is 48.5 Å². The Kier molecular flexibility index (Phi) is 7.70. The van der Waals surface area contributed by atoms with Crippen LogP contribution in [0.2, 0.25) is 0 Å². The van der Waals surface area contributed by atoms with Gasteiger partial charge in [-0.15, -0.1) is 6.58 Å². The molecule has 1 spiro atoms. The van der Waals surface area contributed by atoms with Crippen molar-refractivity contribution in [3.8, 4) is 0 Å². The van der Waals surface area contributed by atoms with E-state index >= 15 is 0 Å². The van der Waals surface area contributed by atoms with Gasteiger partial charge >= 0.3 is 5.97 Å². The molecule has 1 N–H and O–H groups in total. The maximum atomic E-state index is 14.2. The van der Waals surface area contributed by atoms with Crippen LogP contribution in [-0.4, -0.2) is 86.6 Å². The summed E-state index contributed by atoms with van der Waals surface area (Å²) in [5.74, 6) is -2.99. The van der Waals surface area contributed by atoms with Crippen molar-refractivity contribution >= 4 is 33.7 Å². The SMILES string of the molecule is C=CCOC(=O)[C@H]1[C@@H]2OC3(CC2Br)C(C(=O)N(CC=C)C(C)(C)C)N([C@@H](CO)C(C)C)C(=O)[C@H]13. The Hall–Kier alpha value is -1.71. The molecule has 0 aliphatic carbocycles. The van der Waals surface area contributed by atoms with Crippen LogP contribution in [0.5, 0.6) is 0 Å². The summed E-state index contributed by atoms with van der Waals surface area (Å²) in [7, 11) is 0. The molecule has 3 aliphatic heterocycles. The molecule has 3 heterocycles. The van der Waals surface area contributed by atoms with E-state index in [1.165, 1.54) is 11.0 Å². The first kappa shape index (κ1) is 26.9. The largest absolute Gasteiger partial charge is 0.461 e. The Morgan fingerprint density at radius 1 is 1.35 bits per heavy atom. The highest BCUT2D eigenvalue weighted by atomic mass is 79.9. The number of rotatable bonds is 9. The van der Waals surface area contributed by atoms with Crippen LogP contribution >= 0.6 is 15.9 Å². The van der Waals surface area contributed by atoms with E-state index in [-0.39, 0.29) is 35.8 Å². The Morgan fingerprint density at radius 2 is 2.00 bits per heavy atom. The van der Waals surface area contributed by atoms with Crippen molar-refractivity contribution in [2.45, 2.75) is 75.2 Å². The Morgan fingerprint density at radius 3 is 2.50 bits per heavy atom. The van der Waals surface area contributed by atoms with Crippen molar-refractivity contribution in [1.29, 1.82) is 0 Å². The fourth-order valence-corrected chi connectivity index (χ4v) is 6.74. The number of carbonyl (C=O) groups is 3. The Balaban J connectivity index is 2.16. The van der Waals surface area contributed by atoms with Crippen LogP contribution in [0.3, 0.4) is 0 Å². The number of likely N-dealkylation sites (tertiary alicyclic amines) is 1. The van der Waals surface area contributed by atoms with Gasteiger partial charge in [0.2, 0.25) is 11.8 Å². The molecule has 3 unspecified atom stereocenters. The van der Waals surface area contributed by atoms with Gasteiger partial charge < -0.3 is 24.4 Å². The second-order valence-corrected chi connectivity index (χ2v) is 11.9. The monoisotopic (exact) mass is 540 g/mol. The smallest absolute Gasteiger partial charge is 0.312 e. The zero-order valence-electron chi connectivity index (χ0n) is 20.7. The average molecular weight is 541 g/mol. The predicted molar refractivity (Wildman–Crippen MR) is 131 cm³/mol. The number of fused-ring (bicyclic) bond motifs is 1. The lowest BCUT2D eigenvalue weighted by molar-refractivity contribution is -0.157. The number of aliphatic hydroxyl groups is 1. The number of halogens is 1. The molecule has 0 radical (unpaired) electrons. The molecule has 34 heavy (non-hydrogen) atoms. The quantitative estimate of drug-likeness (QED) is 0.274. The minimum Gasteiger partial charge on any atom is -0.461 e. The van der Waals surface area contributed by atoms with E-state index in [1.54, 1.807) is 11.0 Å². The Bertz CT molecular complexity index is 855. The second-order valence-electron chi connectivity index (χ2n) is 10.7. The van der Waals surface area contributed by atoms with E-state index in [9.17, 15) is 19.5 Å². The van der Waals surface area contributed by atoms with Gasteiger partial charge in [-0.05, 0) is 33.1 Å². The number of alkyl halides is 1. The van der Waals surface area contributed by atoms with E-state index in [0.717, 1.165) is 0 Å². The predicted octanol–water partition coefficient (Wildman–Crippen LogP) is 2.29. The molecule has 0 aromatic carbocycles. The van der Waals surface area contributed by atoms with Crippen LogP contribution in [0.15, 0.2) is 25.3 Å². The summed E-state index contributed by atoms with van der Waals surface area (Å²) in [6.07, 6.45) is 2.94. The maximum Gasteiger partial charge on any atom is 0.312 e. The molecule has 3 rings (SSSR count). The van der Waals surface area contributed by atoms with E-state index < -0.39 is 47.1 Å². The van der Waals surface area contributed by atoms with Crippen LogP contribution < -0.4 is 0 Å². The summed E-state index contributed by atoms with van der Waals surface area (Å²) in [6, 6.07) is -1.58. The van der Waals surface area contributed by atoms with Crippen molar-refractivity contribution in [3.63, 3.8) is 0 Å². The van der Waals surface area contributed by atoms with Gasteiger partial charge in [-0.25, -0.2) is 0 Å². The fraction of sp³-hybridized carbons (Fsp3) is 0.720. The lowest BCUT2D eigenvalue weighted by Crippen LogP contribution is -2.62. The molecule has 2 bridgehead atoms. The molecule has 7 atom stereocenters. The van der Waals surface area contributed by atoms with Crippen LogP contribution in [0, 0.1) is 17.8 Å². The number of ether oxygens (including phenoxy) is 2. The van der Waals surface area contributed by atoms with Crippen molar-refractivity contribution in [1.82, 2.24) is 9.80 Å². The third-order valence-corrected chi connectivity index (χ3v) is 8.12. The van der Waals surface area contributed by atoms with Crippen molar-refractivity contribution < 1.29 is 29.0 Å². The van der Waals surface area contributed by atoms with Gasteiger partial charge in [0, 0.05) is 16.9 Å². The number of aliphatic hydroxyl groups excluding tert-OH is 1. The number of amides is 2. The molecular weight excluding hydrogens is 504 g/mol. The molecule has 0 saturated carbocycles. The van der Waals surface area contributed by atoms with Gasteiger partial charge in [0.1, 0.15) is 18.2 Å². The normalized spacial score (nSPS) is 33.1. The minimum absolute atomic E-state index is 0.0252. The molecule has 2 amide bonds. The van der Waals surface area contributed by atoms with E-state index in [2.05, 4.69) is 29.1 Å². The zero-order chi connectivity index (χ0) is 25.6. The maximum absolute atomic E-state index is 14.2. The summed E-state index contributed by atoms with van der Waals surface area (Å²) in [6.45, 7) is 17.0. The third kappa shape index (κ3) is 4.13. The summed E-state index contributed by atoms with van der Waals surface area (Å²) >= 11 is 3.64. The highest BCUT2D eigenvalue weighted by Crippen LogP contribution is 2.61. The van der Waals surface area contributed by atoms with E-state index in [0.29, 0.717) is 13.0 Å². The highest BCUT2D eigenvalue weighted by Gasteiger charge is 2.77. The zero-order valence-corrected chi connectivity index (χ0v) is 22.3. The molecule has 0 aromatic rings. The molecular formula is C25H37BrN2O6. The first-order valence-corrected chi connectivity index (χ1v) is 12.7. The molecule has 0 aromatic heterocycles. The topological polar surface area (TPSA) is 96.4 Å². The Labute approximate surface area is 210 Å². The van der Waals surface area contributed by atoms with Gasteiger partial charge in [-0.2, -0.15) is 0 Å². The highest BCUT2D eigenvalue weighted by molar-refractivity contribution is 9.09. The minimum atomic E-state index is -1.20. The average Bonchev–Trinajstić information content (AvgIpc) is 3.33. The van der Waals surface area contributed by atoms with Crippen LogP contribution in [0.4, 0.5) is 0 Å². The van der Waals surface area contributed by atoms with Gasteiger partial charge in [0.25, 0.3) is 0 Å². The summed E-state index contributed by atoms with van der Waals surface area (Å²) in [5.41, 5.74) is -1.74. The standard InChI is InChI=1S/C25H37BrN2O6/c1-8-10-27(24(5,6)7)22(31)20-25-12-15(26)19(34-25)17(23(32)33-11-9-2)18(25)21(30)28(20)16(13-29)14(3)4/h8-9,14-20,29H,1-2,10-13H2,3-7H3/t15?,16-,17+,18-,19+,20?,25?/m0/s1. The van der Waals surface area contributed by atoms with Crippen molar-refractivity contribution in [2.24, 2.45) is 17.8 Å². The first-order chi connectivity index (χ1) is 15.9. The second kappa shape index (κ2) is 9.74. The summed E-state index contributed by atoms with van der Waals surface area (Å²) in [5, 5.41) is 10.3. The van der Waals surface area contributed by atoms with Crippen molar-refractivity contribution in [2.75, 3.05) is 19.8 Å². The van der Waals surface area contributed by atoms with Gasteiger partial charge in [0.15, 0.2) is 0 Å². The van der Waals surface area contributed by atoms with Gasteiger partial charge in [-0.3, -0.25) is 14.4 Å². The third-order valence-electron chi connectivity index (χ3n) is 7.28. The number of hydrogen-bond acceptors (Lipinski definition) is 6. The summed E-state index contributed by atoms with van der Waals surface area (Å²) < 4.78 is 11.8. The van der Waals surface area contributed by atoms with Crippen LogP contribution in [0.25, 0.3) is 0 Å². The molecule has 3 fully saturated rings. The first-order valence-electron chi connectivity index (χ1n) is 11.8. The number of carbonyl (C=O) groups excluding carboxylic acids is 3. The lowest BCUT2D eigenvalue weighted by Gasteiger charge is -2.44. The lowest BCUT2D eigenvalue weighted by atomic mass is 9.70. The molecule has 9 heteroatoms. The molecule has 8 nitrogen and oxygen atoms in total. The molecule has 3 saturated heterocycles. The number of nitrogens with zero attached hydrogens (tertiary/aromatic N) is 2. The molecule has 190 valence electrons. The van der Waals surface area contributed by atoms with E-state index in [4.69, 9.17) is 9.47 Å². The van der Waals surface area contributed by atoms with Crippen molar-refractivity contribution in [3.05, 3.63) is 25.3 Å². The number of hydrogen-bond donors (Lipinski definition) is 1. The van der Waals surface area contributed by atoms with Crippen LogP contribution in [0.1, 0.15) is 41.0 Å². The molecule has 3 aliphatic rings.